The highest BCUT2D eigenvalue weighted by Gasteiger charge is 2.36. The van der Waals surface area contributed by atoms with Crippen molar-refractivity contribution in [3.8, 4) is 11.1 Å². The van der Waals surface area contributed by atoms with E-state index in [2.05, 4.69) is 38.2 Å². The SMILES string of the molecule is O[C@@H]1CN(Cc2cnc3c(-c4ccccc4)cnn3c2)C[C@H]1N1CCCC1. The maximum Gasteiger partial charge on any atom is 0.162 e. The van der Waals surface area contributed by atoms with Crippen LogP contribution >= 0.6 is 0 Å². The highest BCUT2D eigenvalue weighted by Crippen LogP contribution is 2.24. The summed E-state index contributed by atoms with van der Waals surface area (Å²) in [5.74, 6) is 0. The van der Waals surface area contributed by atoms with Crippen molar-refractivity contribution in [2.75, 3.05) is 26.2 Å². The summed E-state index contributed by atoms with van der Waals surface area (Å²) in [5, 5.41) is 15.0. The minimum atomic E-state index is -0.255. The quantitative estimate of drug-likeness (QED) is 0.769. The summed E-state index contributed by atoms with van der Waals surface area (Å²) in [5.41, 5.74) is 4.18. The Balaban J connectivity index is 1.33. The molecule has 2 aliphatic heterocycles. The largest absolute Gasteiger partial charge is 0.390 e. The van der Waals surface area contributed by atoms with Crippen molar-refractivity contribution in [2.24, 2.45) is 0 Å². The summed E-state index contributed by atoms with van der Waals surface area (Å²) >= 11 is 0. The zero-order valence-electron chi connectivity index (χ0n) is 15.4. The van der Waals surface area contributed by atoms with E-state index in [1.54, 1.807) is 0 Å². The van der Waals surface area contributed by atoms with E-state index in [0.29, 0.717) is 0 Å². The van der Waals surface area contributed by atoms with E-state index in [0.717, 1.165) is 55.1 Å². The minimum absolute atomic E-state index is 0.255. The van der Waals surface area contributed by atoms with E-state index in [1.807, 2.05) is 35.1 Å². The molecule has 0 radical (unpaired) electrons. The second-order valence-corrected chi connectivity index (χ2v) is 7.73. The molecule has 0 spiro atoms. The number of likely N-dealkylation sites (tertiary alicyclic amines) is 2. The van der Waals surface area contributed by atoms with E-state index in [9.17, 15) is 5.11 Å². The molecule has 0 aliphatic carbocycles. The van der Waals surface area contributed by atoms with Gasteiger partial charge in [0.1, 0.15) is 0 Å². The molecule has 4 heterocycles. The number of fused-ring (bicyclic) bond motifs is 1. The minimum Gasteiger partial charge on any atom is -0.390 e. The van der Waals surface area contributed by atoms with Crippen LogP contribution in [0.2, 0.25) is 0 Å². The topological polar surface area (TPSA) is 56.9 Å². The summed E-state index contributed by atoms with van der Waals surface area (Å²) < 4.78 is 1.86. The molecular formula is C21H25N5O. The first-order chi connectivity index (χ1) is 13.3. The average molecular weight is 363 g/mol. The highest BCUT2D eigenvalue weighted by molar-refractivity contribution is 5.76. The average Bonchev–Trinajstić information content (AvgIpc) is 3.42. The Morgan fingerprint density at radius 2 is 1.85 bits per heavy atom. The predicted molar refractivity (Wildman–Crippen MR) is 104 cm³/mol. The summed E-state index contributed by atoms with van der Waals surface area (Å²) in [6.45, 7) is 4.70. The number of rotatable bonds is 4. The van der Waals surface area contributed by atoms with Crippen LogP contribution in [0.3, 0.4) is 0 Å². The molecule has 1 N–H and O–H groups in total. The molecular weight excluding hydrogens is 338 g/mol. The standard InChI is InChI=1S/C21H25N5O/c27-20-15-24(14-19(20)25-8-4-5-9-25)12-16-10-22-21-18(11-23-26(21)13-16)17-6-2-1-3-7-17/h1-3,6-7,10-11,13,19-20,27H,4-5,8-9,12,14-15H2/t19-,20-/m1/s1. The number of aliphatic hydroxyl groups excluding tert-OH is 1. The molecule has 140 valence electrons. The third-order valence-electron chi connectivity index (χ3n) is 5.85. The van der Waals surface area contributed by atoms with Gasteiger partial charge in [0.25, 0.3) is 0 Å². The summed E-state index contributed by atoms with van der Waals surface area (Å²) in [6, 6.07) is 10.5. The van der Waals surface area contributed by atoms with Gasteiger partial charge in [-0.25, -0.2) is 9.50 Å². The molecule has 6 nitrogen and oxygen atoms in total. The van der Waals surface area contributed by atoms with Crippen LogP contribution < -0.4 is 0 Å². The zero-order valence-corrected chi connectivity index (χ0v) is 15.4. The molecule has 0 saturated carbocycles. The number of aromatic nitrogens is 3. The Bertz CT molecular complexity index is 919. The molecule has 2 aliphatic rings. The van der Waals surface area contributed by atoms with E-state index < -0.39 is 0 Å². The fourth-order valence-electron chi connectivity index (χ4n) is 4.48. The van der Waals surface area contributed by atoms with Gasteiger partial charge in [-0.3, -0.25) is 9.80 Å². The first-order valence-corrected chi connectivity index (χ1v) is 9.80. The normalized spacial score (nSPS) is 24.2. The van der Waals surface area contributed by atoms with Crippen LogP contribution in [0.1, 0.15) is 18.4 Å². The third kappa shape index (κ3) is 3.25. The molecule has 5 rings (SSSR count). The second-order valence-electron chi connectivity index (χ2n) is 7.73. The fourth-order valence-corrected chi connectivity index (χ4v) is 4.48. The van der Waals surface area contributed by atoms with E-state index in [4.69, 9.17) is 0 Å². The van der Waals surface area contributed by atoms with Gasteiger partial charge in [0.2, 0.25) is 0 Å². The van der Waals surface area contributed by atoms with Gasteiger partial charge in [0.15, 0.2) is 5.65 Å². The van der Waals surface area contributed by atoms with Gasteiger partial charge in [0, 0.05) is 49.2 Å². The Morgan fingerprint density at radius 3 is 2.67 bits per heavy atom. The van der Waals surface area contributed by atoms with Gasteiger partial charge in [-0.1, -0.05) is 30.3 Å². The lowest BCUT2D eigenvalue weighted by Gasteiger charge is -2.25. The maximum absolute atomic E-state index is 10.5. The van der Waals surface area contributed by atoms with Crippen molar-refractivity contribution in [2.45, 2.75) is 31.5 Å². The molecule has 27 heavy (non-hydrogen) atoms. The zero-order chi connectivity index (χ0) is 18.2. The van der Waals surface area contributed by atoms with Crippen LogP contribution in [0.4, 0.5) is 0 Å². The van der Waals surface area contributed by atoms with Crippen molar-refractivity contribution >= 4 is 5.65 Å². The Hall–Kier alpha value is -2.28. The molecule has 6 heteroatoms. The van der Waals surface area contributed by atoms with Crippen LogP contribution in [-0.2, 0) is 6.54 Å². The van der Waals surface area contributed by atoms with E-state index >= 15 is 0 Å². The lowest BCUT2D eigenvalue weighted by molar-refractivity contribution is 0.0978. The Morgan fingerprint density at radius 1 is 1.04 bits per heavy atom. The van der Waals surface area contributed by atoms with Gasteiger partial charge in [-0.2, -0.15) is 5.10 Å². The number of hydrogen-bond donors (Lipinski definition) is 1. The Labute approximate surface area is 159 Å². The molecule has 2 saturated heterocycles. The number of β-amino-alcohol motifs (C(OH)–C–C–N with tert-alkyl or cyclic N) is 1. The fraction of sp³-hybridized carbons (Fsp3) is 0.429. The molecule has 0 bridgehead atoms. The molecule has 0 amide bonds. The first-order valence-electron chi connectivity index (χ1n) is 9.80. The number of hydrogen-bond acceptors (Lipinski definition) is 5. The lowest BCUT2D eigenvalue weighted by atomic mass is 10.1. The smallest absolute Gasteiger partial charge is 0.162 e. The van der Waals surface area contributed by atoms with Crippen LogP contribution in [0.5, 0.6) is 0 Å². The second kappa shape index (κ2) is 7.03. The monoisotopic (exact) mass is 363 g/mol. The number of benzene rings is 1. The van der Waals surface area contributed by atoms with E-state index in [-0.39, 0.29) is 12.1 Å². The van der Waals surface area contributed by atoms with Gasteiger partial charge in [0.05, 0.1) is 12.3 Å². The molecule has 2 atom stereocenters. The first kappa shape index (κ1) is 16.9. The van der Waals surface area contributed by atoms with Gasteiger partial charge < -0.3 is 5.11 Å². The van der Waals surface area contributed by atoms with Crippen molar-refractivity contribution in [1.29, 1.82) is 0 Å². The van der Waals surface area contributed by atoms with Gasteiger partial charge >= 0.3 is 0 Å². The van der Waals surface area contributed by atoms with E-state index in [1.165, 1.54) is 12.8 Å². The van der Waals surface area contributed by atoms with Crippen molar-refractivity contribution in [3.63, 3.8) is 0 Å². The van der Waals surface area contributed by atoms with Crippen LogP contribution in [0.25, 0.3) is 16.8 Å². The number of nitrogens with zero attached hydrogens (tertiary/aromatic N) is 5. The molecule has 2 fully saturated rings. The molecule has 2 aromatic heterocycles. The van der Waals surface area contributed by atoms with Crippen LogP contribution in [0, 0.1) is 0 Å². The predicted octanol–water partition coefficient (Wildman–Crippen LogP) is 2.04. The highest BCUT2D eigenvalue weighted by atomic mass is 16.3. The third-order valence-corrected chi connectivity index (χ3v) is 5.85. The summed E-state index contributed by atoms with van der Waals surface area (Å²) in [7, 11) is 0. The lowest BCUT2D eigenvalue weighted by Crippen LogP contribution is -2.41. The van der Waals surface area contributed by atoms with Crippen molar-refractivity contribution in [3.05, 3.63) is 54.5 Å². The van der Waals surface area contributed by atoms with Gasteiger partial charge in [-0.05, 0) is 31.5 Å². The van der Waals surface area contributed by atoms with Crippen LogP contribution in [-0.4, -0.2) is 67.8 Å². The molecule has 3 aromatic rings. The summed E-state index contributed by atoms with van der Waals surface area (Å²) in [6.07, 6.45) is 8.14. The van der Waals surface area contributed by atoms with Gasteiger partial charge in [-0.15, -0.1) is 0 Å². The maximum atomic E-state index is 10.5. The summed E-state index contributed by atoms with van der Waals surface area (Å²) in [4.78, 5) is 9.46. The van der Waals surface area contributed by atoms with Crippen molar-refractivity contribution in [1.82, 2.24) is 24.4 Å². The molecule has 0 unspecified atom stereocenters. The van der Waals surface area contributed by atoms with Crippen molar-refractivity contribution < 1.29 is 5.11 Å². The molecule has 1 aromatic carbocycles. The number of aliphatic hydroxyl groups is 1. The Kier molecular flexibility index (Phi) is 4.39. The van der Waals surface area contributed by atoms with Crippen LogP contribution in [0.15, 0.2) is 48.9 Å².